The summed E-state index contributed by atoms with van der Waals surface area (Å²) in [7, 11) is 0. The van der Waals surface area contributed by atoms with Crippen LogP contribution in [0.25, 0.3) is 0 Å². The maximum absolute atomic E-state index is 13.9. The molecule has 1 saturated heterocycles. The third-order valence-corrected chi connectivity index (χ3v) is 4.82. The molecule has 3 rings (SSSR count). The van der Waals surface area contributed by atoms with E-state index in [9.17, 15) is 9.18 Å². The highest BCUT2D eigenvalue weighted by atomic mass is 19.1. The summed E-state index contributed by atoms with van der Waals surface area (Å²) in [6.45, 7) is 7.11. The number of anilines is 1. The van der Waals surface area contributed by atoms with Gasteiger partial charge in [0.05, 0.1) is 5.69 Å². The van der Waals surface area contributed by atoms with Gasteiger partial charge in [0, 0.05) is 38.3 Å². The fourth-order valence-electron chi connectivity index (χ4n) is 3.23. The number of piperazine rings is 1. The van der Waals surface area contributed by atoms with Gasteiger partial charge in [-0.2, -0.15) is 0 Å². The minimum absolute atomic E-state index is 0.0191. The van der Waals surface area contributed by atoms with Crippen molar-refractivity contribution in [2.75, 3.05) is 44.2 Å². The number of para-hydroxylation sites is 1. The highest BCUT2D eigenvalue weighted by Gasteiger charge is 2.18. The van der Waals surface area contributed by atoms with Crippen molar-refractivity contribution in [1.82, 2.24) is 10.2 Å². The molecule has 0 unspecified atom stereocenters. The molecule has 2 aromatic rings. The summed E-state index contributed by atoms with van der Waals surface area (Å²) < 4.78 is 13.9. The van der Waals surface area contributed by atoms with Crippen LogP contribution in [0.1, 0.15) is 22.3 Å². The Morgan fingerprint density at radius 1 is 1.04 bits per heavy atom. The summed E-state index contributed by atoms with van der Waals surface area (Å²) in [5.74, 6) is -0.172. The smallest absolute Gasteiger partial charge is 0.251 e. The van der Waals surface area contributed by atoms with Crippen LogP contribution in [0.15, 0.2) is 48.5 Å². The molecule has 1 amide bonds. The molecule has 1 aliphatic heterocycles. The van der Waals surface area contributed by atoms with Crippen LogP contribution >= 0.6 is 0 Å². The predicted octanol–water partition coefficient (Wildman–Crippen LogP) is 3.08. The first-order valence-electron chi connectivity index (χ1n) is 9.20. The number of aryl methyl sites for hydroxylation is 1. The Kier molecular flexibility index (Phi) is 6.23. The lowest BCUT2D eigenvalue weighted by molar-refractivity contribution is 0.0951. The molecule has 26 heavy (non-hydrogen) atoms. The first kappa shape index (κ1) is 18.4. The van der Waals surface area contributed by atoms with Gasteiger partial charge in [-0.1, -0.05) is 29.8 Å². The molecule has 2 aromatic carbocycles. The Hall–Kier alpha value is -2.40. The molecule has 1 N–H and O–H groups in total. The van der Waals surface area contributed by atoms with Crippen LogP contribution in [0.4, 0.5) is 10.1 Å². The van der Waals surface area contributed by atoms with Crippen molar-refractivity contribution in [1.29, 1.82) is 0 Å². The second-order valence-corrected chi connectivity index (χ2v) is 6.76. The first-order chi connectivity index (χ1) is 12.6. The van der Waals surface area contributed by atoms with Gasteiger partial charge in [0.15, 0.2) is 0 Å². The first-order valence-corrected chi connectivity index (χ1v) is 9.20. The van der Waals surface area contributed by atoms with E-state index in [2.05, 4.69) is 15.1 Å². The molecule has 1 heterocycles. The fraction of sp³-hybridized carbons (Fsp3) is 0.381. The van der Waals surface area contributed by atoms with Crippen LogP contribution in [0, 0.1) is 12.7 Å². The summed E-state index contributed by atoms with van der Waals surface area (Å²) in [4.78, 5) is 16.5. The molecular weight excluding hydrogens is 329 g/mol. The number of halogens is 1. The van der Waals surface area contributed by atoms with Crippen molar-refractivity contribution in [3.63, 3.8) is 0 Å². The molecule has 0 aliphatic carbocycles. The van der Waals surface area contributed by atoms with Crippen molar-refractivity contribution < 1.29 is 9.18 Å². The van der Waals surface area contributed by atoms with Gasteiger partial charge in [-0.25, -0.2) is 4.39 Å². The molecular formula is C21H26FN3O. The van der Waals surface area contributed by atoms with Gasteiger partial charge in [0.1, 0.15) is 5.82 Å². The number of carbonyl (C=O) groups is 1. The Balaban J connectivity index is 1.36. The topological polar surface area (TPSA) is 35.6 Å². The zero-order valence-corrected chi connectivity index (χ0v) is 15.2. The van der Waals surface area contributed by atoms with Gasteiger partial charge in [-0.3, -0.25) is 9.69 Å². The monoisotopic (exact) mass is 355 g/mol. The standard InChI is InChI=1S/C21H26FN3O/c1-17-7-9-18(10-8-17)21(26)23-11-4-12-24-13-15-25(16-14-24)20-6-3-2-5-19(20)22/h2-3,5-10H,4,11-16H2,1H3,(H,23,26). The molecule has 1 aliphatic rings. The number of hydrogen-bond donors (Lipinski definition) is 1. The van der Waals surface area contributed by atoms with E-state index in [0.717, 1.165) is 44.7 Å². The van der Waals surface area contributed by atoms with Crippen LogP contribution in [-0.2, 0) is 0 Å². The average Bonchev–Trinajstić information content (AvgIpc) is 2.67. The molecule has 0 radical (unpaired) electrons. The van der Waals surface area contributed by atoms with E-state index in [1.165, 1.54) is 6.07 Å². The largest absolute Gasteiger partial charge is 0.367 e. The maximum atomic E-state index is 13.9. The quantitative estimate of drug-likeness (QED) is 0.809. The number of hydrogen-bond acceptors (Lipinski definition) is 3. The Labute approximate surface area is 154 Å². The summed E-state index contributed by atoms with van der Waals surface area (Å²) >= 11 is 0. The van der Waals surface area contributed by atoms with Gasteiger partial charge in [0.25, 0.3) is 5.91 Å². The van der Waals surface area contributed by atoms with Crippen LogP contribution in [0.2, 0.25) is 0 Å². The van der Waals surface area contributed by atoms with Crippen LogP contribution < -0.4 is 10.2 Å². The Morgan fingerprint density at radius 3 is 2.42 bits per heavy atom. The van der Waals surface area contributed by atoms with Crippen molar-refractivity contribution >= 4 is 11.6 Å². The van der Waals surface area contributed by atoms with E-state index >= 15 is 0 Å². The zero-order valence-electron chi connectivity index (χ0n) is 15.2. The molecule has 0 bridgehead atoms. The van der Waals surface area contributed by atoms with Gasteiger partial charge in [-0.15, -0.1) is 0 Å². The lowest BCUT2D eigenvalue weighted by atomic mass is 10.1. The molecule has 0 atom stereocenters. The lowest BCUT2D eigenvalue weighted by Gasteiger charge is -2.36. The van der Waals surface area contributed by atoms with Gasteiger partial charge in [0.2, 0.25) is 0 Å². The van der Waals surface area contributed by atoms with Crippen molar-refractivity contribution in [3.8, 4) is 0 Å². The number of nitrogens with zero attached hydrogens (tertiary/aromatic N) is 2. The number of benzene rings is 2. The van der Waals surface area contributed by atoms with E-state index in [-0.39, 0.29) is 11.7 Å². The van der Waals surface area contributed by atoms with E-state index < -0.39 is 0 Å². The van der Waals surface area contributed by atoms with Gasteiger partial charge >= 0.3 is 0 Å². The second-order valence-electron chi connectivity index (χ2n) is 6.76. The SMILES string of the molecule is Cc1ccc(C(=O)NCCCN2CCN(c3ccccc3F)CC2)cc1. The highest BCUT2D eigenvalue weighted by molar-refractivity contribution is 5.94. The minimum Gasteiger partial charge on any atom is -0.367 e. The van der Waals surface area contributed by atoms with E-state index in [1.807, 2.05) is 43.3 Å². The summed E-state index contributed by atoms with van der Waals surface area (Å²) in [6, 6.07) is 14.6. The molecule has 0 saturated carbocycles. The Bertz CT molecular complexity index is 724. The minimum atomic E-state index is -0.153. The molecule has 0 spiro atoms. The Morgan fingerprint density at radius 2 is 1.73 bits per heavy atom. The third-order valence-electron chi connectivity index (χ3n) is 4.82. The van der Waals surface area contributed by atoms with E-state index in [1.54, 1.807) is 6.07 Å². The molecule has 1 fully saturated rings. The summed E-state index contributed by atoms with van der Waals surface area (Å²) in [6.07, 6.45) is 0.914. The zero-order chi connectivity index (χ0) is 18.4. The number of rotatable bonds is 6. The molecule has 4 nitrogen and oxygen atoms in total. The van der Waals surface area contributed by atoms with Crippen molar-refractivity contribution in [2.45, 2.75) is 13.3 Å². The number of nitrogens with one attached hydrogen (secondary N) is 1. The van der Waals surface area contributed by atoms with Crippen LogP contribution in [0.3, 0.4) is 0 Å². The average molecular weight is 355 g/mol. The third kappa shape index (κ3) is 4.82. The van der Waals surface area contributed by atoms with Crippen LogP contribution in [-0.4, -0.2) is 50.1 Å². The van der Waals surface area contributed by atoms with Gasteiger partial charge < -0.3 is 10.2 Å². The van der Waals surface area contributed by atoms with Gasteiger partial charge in [-0.05, 0) is 44.2 Å². The summed E-state index contributed by atoms with van der Waals surface area (Å²) in [5, 5.41) is 2.97. The van der Waals surface area contributed by atoms with Crippen molar-refractivity contribution in [3.05, 3.63) is 65.5 Å². The van der Waals surface area contributed by atoms with E-state index in [4.69, 9.17) is 0 Å². The second kappa shape index (κ2) is 8.81. The van der Waals surface area contributed by atoms with E-state index in [0.29, 0.717) is 17.8 Å². The maximum Gasteiger partial charge on any atom is 0.251 e. The molecule has 138 valence electrons. The molecule has 0 aromatic heterocycles. The normalized spacial score (nSPS) is 15.1. The fourth-order valence-corrected chi connectivity index (χ4v) is 3.23. The van der Waals surface area contributed by atoms with Crippen molar-refractivity contribution in [2.24, 2.45) is 0 Å². The predicted molar refractivity (Wildman–Crippen MR) is 103 cm³/mol. The lowest BCUT2D eigenvalue weighted by Crippen LogP contribution is -2.47. The number of carbonyl (C=O) groups excluding carboxylic acids is 1. The summed E-state index contributed by atoms with van der Waals surface area (Å²) in [5.41, 5.74) is 2.54. The van der Waals surface area contributed by atoms with Crippen LogP contribution in [0.5, 0.6) is 0 Å². The number of amides is 1. The highest BCUT2D eigenvalue weighted by Crippen LogP contribution is 2.20. The molecule has 5 heteroatoms.